The van der Waals surface area contributed by atoms with Crippen molar-refractivity contribution in [3.05, 3.63) is 41.1 Å². The number of allylic oxidation sites excluding steroid dienone is 1. The lowest BCUT2D eigenvalue weighted by atomic mass is 9.92. The number of benzene rings is 1. The minimum atomic E-state index is -0.672. The Kier molecular flexibility index (Phi) is 6.82. The average Bonchev–Trinajstić information content (AvgIpc) is 2.72. The first kappa shape index (κ1) is 22.7. The Morgan fingerprint density at radius 2 is 2.10 bits per heavy atom. The van der Waals surface area contributed by atoms with Gasteiger partial charge in [0.2, 0.25) is 5.91 Å². The second kappa shape index (κ2) is 9.02. The van der Waals surface area contributed by atoms with Crippen LogP contribution in [0.1, 0.15) is 38.8 Å². The van der Waals surface area contributed by atoms with E-state index in [-0.39, 0.29) is 23.7 Å². The third-order valence-corrected chi connectivity index (χ3v) is 7.05. The van der Waals surface area contributed by atoms with Crippen LogP contribution in [0.5, 0.6) is 0 Å². The Bertz CT molecular complexity index is 910. The van der Waals surface area contributed by atoms with Crippen LogP contribution in [0, 0.1) is 5.41 Å². The summed E-state index contributed by atoms with van der Waals surface area (Å²) >= 11 is 7.68. The van der Waals surface area contributed by atoms with Crippen LogP contribution in [0.4, 0.5) is 5.69 Å². The number of aliphatic imine (C=N–C) groups is 1. The molecular weight excluding hydrogens is 420 g/mol. The molecule has 0 saturated carbocycles. The van der Waals surface area contributed by atoms with Gasteiger partial charge in [0.1, 0.15) is 0 Å². The number of amides is 2. The summed E-state index contributed by atoms with van der Waals surface area (Å²) in [5.74, 6) is 1.07. The Morgan fingerprint density at radius 3 is 2.77 bits per heavy atom. The predicted octanol–water partition coefficient (Wildman–Crippen LogP) is 4.10. The van der Waals surface area contributed by atoms with Crippen LogP contribution in [-0.4, -0.2) is 59.1 Å². The minimum absolute atomic E-state index is 0.0476. The van der Waals surface area contributed by atoms with Gasteiger partial charge in [0.15, 0.2) is 5.17 Å². The molecule has 8 heteroatoms. The first-order valence-corrected chi connectivity index (χ1v) is 11.6. The van der Waals surface area contributed by atoms with Crippen molar-refractivity contribution in [1.82, 2.24) is 9.80 Å². The van der Waals surface area contributed by atoms with Crippen molar-refractivity contribution < 1.29 is 9.59 Å². The molecule has 2 amide bonds. The molecule has 0 radical (unpaired) electrons. The molecule has 0 aliphatic carbocycles. The second-order valence-corrected chi connectivity index (χ2v) is 9.82. The van der Waals surface area contributed by atoms with Crippen LogP contribution in [0.25, 0.3) is 0 Å². The fourth-order valence-corrected chi connectivity index (χ4v) is 4.62. The van der Waals surface area contributed by atoms with E-state index < -0.39 is 5.41 Å². The van der Waals surface area contributed by atoms with Crippen molar-refractivity contribution in [2.45, 2.75) is 33.2 Å². The van der Waals surface area contributed by atoms with Crippen molar-refractivity contribution in [2.24, 2.45) is 10.4 Å². The molecule has 0 aromatic heterocycles. The van der Waals surface area contributed by atoms with Gasteiger partial charge >= 0.3 is 0 Å². The number of nitrogens with one attached hydrogen (secondary N) is 1. The molecule has 1 aromatic carbocycles. The lowest BCUT2D eigenvalue weighted by molar-refractivity contribution is -0.125. The summed E-state index contributed by atoms with van der Waals surface area (Å²) in [4.78, 5) is 34.2. The van der Waals surface area contributed by atoms with Gasteiger partial charge in [-0.1, -0.05) is 23.9 Å². The first-order chi connectivity index (χ1) is 14.2. The van der Waals surface area contributed by atoms with E-state index >= 15 is 0 Å². The smallest absolute Gasteiger partial charge is 0.253 e. The maximum atomic E-state index is 13.1. The van der Waals surface area contributed by atoms with E-state index in [1.807, 2.05) is 45.0 Å². The molecule has 6 nitrogen and oxygen atoms in total. The number of hydrogen-bond acceptors (Lipinski definition) is 5. The number of nitrogens with zero attached hydrogens (tertiary/aromatic N) is 3. The molecule has 0 bridgehead atoms. The Labute approximate surface area is 187 Å². The summed E-state index contributed by atoms with van der Waals surface area (Å²) < 4.78 is 0. The molecule has 1 atom stereocenters. The Balaban J connectivity index is 2.02. The Hall–Kier alpha value is -1.99. The zero-order valence-electron chi connectivity index (χ0n) is 18.2. The maximum Gasteiger partial charge on any atom is 0.253 e. The highest BCUT2D eigenvalue weighted by atomic mass is 35.5. The highest BCUT2D eigenvalue weighted by Gasteiger charge is 2.38. The summed E-state index contributed by atoms with van der Waals surface area (Å²) in [6, 6.07) is 7.49. The van der Waals surface area contributed by atoms with Crippen LogP contribution in [0.2, 0.25) is 0 Å². The largest absolute Gasteiger partial charge is 0.345 e. The quantitative estimate of drug-likeness (QED) is 0.688. The van der Waals surface area contributed by atoms with E-state index in [1.54, 1.807) is 30.8 Å². The molecule has 1 fully saturated rings. The van der Waals surface area contributed by atoms with E-state index in [9.17, 15) is 9.59 Å². The molecule has 1 aromatic rings. The van der Waals surface area contributed by atoms with Crippen LogP contribution >= 0.6 is 23.4 Å². The normalized spacial score (nSPS) is 19.2. The van der Waals surface area contributed by atoms with Crippen molar-refractivity contribution in [1.29, 1.82) is 0 Å². The second-order valence-electron chi connectivity index (χ2n) is 8.49. The lowest BCUT2D eigenvalue weighted by Crippen LogP contribution is -2.43. The van der Waals surface area contributed by atoms with Gasteiger partial charge in [-0.15, -0.1) is 11.6 Å². The fraction of sp³-hybridized carbons (Fsp3) is 0.500. The summed E-state index contributed by atoms with van der Waals surface area (Å²) in [7, 11) is 3.52. The molecule has 2 aliphatic rings. The molecule has 2 heterocycles. The maximum absolute atomic E-state index is 13.1. The Morgan fingerprint density at radius 1 is 1.37 bits per heavy atom. The standard InChI is InChI=1S/C22H29ClN4O2S/c1-14-17(19(28)26(4)5)18(27-10-7-11-30-21(27)24-14)15-8-6-9-16(12-15)25-20(29)22(2,3)13-23/h6,8-9,12,18H,7,10-11,13H2,1-5H3,(H,25,29). The van der Waals surface area contributed by atoms with Crippen molar-refractivity contribution in [2.75, 3.05) is 37.6 Å². The van der Waals surface area contributed by atoms with Gasteiger partial charge in [-0.2, -0.15) is 0 Å². The van der Waals surface area contributed by atoms with Gasteiger partial charge in [-0.25, -0.2) is 4.99 Å². The molecule has 3 rings (SSSR count). The number of amidine groups is 1. The van der Waals surface area contributed by atoms with Crippen LogP contribution in [0.3, 0.4) is 0 Å². The lowest BCUT2D eigenvalue weighted by Gasteiger charge is -2.41. The summed E-state index contributed by atoms with van der Waals surface area (Å²) in [5, 5.41) is 3.93. The first-order valence-electron chi connectivity index (χ1n) is 10.0. The minimum Gasteiger partial charge on any atom is -0.345 e. The van der Waals surface area contributed by atoms with Gasteiger partial charge < -0.3 is 15.1 Å². The molecule has 0 spiro atoms. The molecule has 1 unspecified atom stereocenters. The number of halogens is 1. The highest BCUT2D eigenvalue weighted by Crippen LogP contribution is 2.40. The van der Waals surface area contributed by atoms with Gasteiger partial charge in [0.05, 0.1) is 22.7 Å². The van der Waals surface area contributed by atoms with E-state index in [0.29, 0.717) is 11.3 Å². The predicted molar refractivity (Wildman–Crippen MR) is 125 cm³/mol. The van der Waals surface area contributed by atoms with Crippen molar-refractivity contribution >= 4 is 46.0 Å². The number of carbonyl (C=O) groups is 2. The number of rotatable bonds is 5. The van der Waals surface area contributed by atoms with Crippen LogP contribution in [0.15, 0.2) is 40.5 Å². The average molecular weight is 449 g/mol. The zero-order chi connectivity index (χ0) is 22.1. The van der Waals surface area contributed by atoms with Gasteiger partial charge in [-0.05, 0) is 44.9 Å². The number of fused-ring (bicyclic) bond motifs is 1. The molecule has 2 aliphatic heterocycles. The monoisotopic (exact) mass is 448 g/mol. The number of anilines is 1. The molecule has 1 N–H and O–H groups in total. The SMILES string of the molecule is CC1=C(C(=O)N(C)C)C(c2cccc(NC(=O)C(C)(C)CCl)c2)N2CCCSC2=N1. The number of hydrogen-bond donors (Lipinski definition) is 1. The number of likely N-dealkylation sites (N-methyl/N-ethyl adjacent to an activating group) is 1. The third kappa shape index (κ3) is 4.52. The summed E-state index contributed by atoms with van der Waals surface area (Å²) in [6.07, 6.45) is 1.03. The summed E-state index contributed by atoms with van der Waals surface area (Å²) in [6.45, 7) is 6.36. The number of carbonyl (C=O) groups excluding carboxylic acids is 2. The topological polar surface area (TPSA) is 65.0 Å². The van der Waals surface area contributed by atoms with E-state index in [1.165, 1.54) is 0 Å². The third-order valence-electron chi connectivity index (χ3n) is 5.30. The highest BCUT2D eigenvalue weighted by molar-refractivity contribution is 8.13. The molecule has 30 heavy (non-hydrogen) atoms. The molecule has 1 saturated heterocycles. The van der Waals surface area contributed by atoms with E-state index in [2.05, 4.69) is 10.2 Å². The van der Waals surface area contributed by atoms with Crippen molar-refractivity contribution in [3.63, 3.8) is 0 Å². The molecule has 162 valence electrons. The zero-order valence-corrected chi connectivity index (χ0v) is 19.7. The van der Waals surface area contributed by atoms with Gasteiger partial charge in [-0.3, -0.25) is 9.59 Å². The van der Waals surface area contributed by atoms with Crippen molar-refractivity contribution in [3.8, 4) is 0 Å². The number of alkyl halides is 1. The van der Waals surface area contributed by atoms with Crippen LogP contribution in [-0.2, 0) is 9.59 Å². The van der Waals surface area contributed by atoms with Gasteiger partial charge in [0.25, 0.3) is 5.91 Å². The van der Waals surface area contributed by atoms with E-state index in [0.717, 1.165) is 35.1 Å². The summed E-state index contributed by atoms with van der Waals surface area (Å²) in [5.41, 5.74) is 2.40. The molecular formula is C22H29ClN4O2S. The number of thioether (sulfide) groups is 1. The van der Waals surface area contributed by atoms with E-state index in [4.69, 9.17) is 16.6 Å². The van der Waals surface area contributed by atoms with Crippen LogP contribution < -0.4 is 5.32 Å². The fourth-order valence-electron chi connectivity index (χ4n) is 3.48. The van der Waals surface area contributed by atoms with Gasteiger partial charge in [0, 0.05) is 38.0 Å².